The van der Waals surface area contributed by atoms with Gasteiger partial charge < -0.3 is 5.73 Å². The van der Waals surface area contributed by atoms with E-state index in [2.05, 4.69) is 56.9 Å². The van der Waals surface area contributed by atoms with Crippen LogP contribution in [-0.2, 0) is 6.42 Å². The molecule has 1 aliphatic heterocycles. The van der Waals surface area contributed by atoms with Crippen molar-refractivity contribution in [2.75, 3.05) is 13.1 Å². The summed E-state index contributed by atoms with van der Waals surface area (Å²) in [5.41, 5.74) is 9.40. The first-order valence-electron chi connectivity index (χ1n) is 7.98. The molecule has 0 spiro atoms. The SMILES string of the molecule is CC(C)Cc1ccc(C(N)CN2CCCC2(C)C)cc1. The van der Waals surface area contributed by atoms with Crippen LogP contribution in [0.4, 0.5) is 0 Å². The lowest BCUT2D eigenvalue weighted by Crippen LogP contribution is -2.42. The van der Waals surface area contributed by atoms with Crippen LogP contribution >= 0.6 is 0 Å². The van der Waals surface area contributed by atoms with Crippen molar-refractivity contribution in [3.63, 3.8) is 0 Å². The van der Waals surface area contributed by atoms with Gasteiger partial charge in [0.2, 0.25) is 0 Å². The number of nitrogens with zero attached hydrogens (tertiary/aromatic N) is 1. The summed E-state index contributed by atoms with van der Waals surface area (Å²) in [6.45, 7) is 11.3. The Morgan fingerprint density at radius 1 is 1.20 bits per heavy atom. The maximum Gasteiger partial charge on any atom is 0.0424 e. The number of hydrogen-bond donors (Lipinski definition) is 1. The molecule has 1 heterocycles. The van der Waals surface area contributed by atoms with E-state index >= 15 is 0 Å². The molecule has 1 saturated heterocycles. The lowest BCUT2D eigenvalue weighted by atomic mass is 9.98. The molecule has 1 aliphatic rings. The van der Waals surface area contributed by atoms with Gasteiger partial charge in [0.1, 0.15) is 0 Å². The Balaban J connectivity index is 1.97. The van der Waals surface area contributed by atoms with Gasteiger partial charge in [-0.25, -0.2) is 0 Å². The summed E-state index contributed by atoms with van der Waals surface area (Å²) in [5.74, 6) is 0.708. The van der Waals surface area contributed by atoms with Gasteiger partial charge in [-0.2, -0.15) is 0 Å². The molecular weight excluding hydrogens is 244 g/mol. The lowest BCUT2D eigenvalue weighted by molar-refractivity contribution is 0.165. The molecule has 20 heavy (non-hydrogen) atoms. The van der Waals surface area contributed by atoms with Crippen LogP contribution in [0.25, 0.3) is 0 Å². The van der Waals surface area contributed by atoms with Gasteiger partial charge >= 0.3 is 0 Å². The van der Waals surface area contributed by atoms with Gasteiger partial charge in [-0.05, 0) is 56.7 Å². The van der Waals surface area contributed by atoms with E-state index in [1.54, 1.807) is 0 Å². The average molecular weight is 274 g/mol. The lowest BCUT2D eigenvalue weighted by Gasteiger charge is -2.33. The fourth-order valence-electron chi connectivity index (χ4n) is 3.22. The number of likely N-dealkylation sites (tertiary alicyclic amines) is 1. The number of rotatable bonds is 5. The van der Waals surface area contributed by atoms with Crippen molar-refractivity contribution in [3.8, 4) is 0 Å². The Morgan fingerprint density at radius 3 is 2.35 bits per heavy atom. The van der Waals surface area contributed by atoms with Crippen molar-refractivity contribution in [1.82, 2.24) is 4.90 Å². The van der Waals surface area contributed by atoms with Crippen LogP contribution in [0.5, 0.6) is 0 Å². The molecule has 1 atom stereocenters. The fraction of sp³-hybridized carbons (Fsp3) is 0.667. The smallest absolute Gasteiger partial charge is 0.0424 e. The molecule has 0 aromatic heterocycles. The highest BCUT2D eigenvalue weighted by molar-refractivity contribution is 5.25. The second-order valence-corrected chi connectivity index (χ2v) is 7.31. The molecule has 1 aromatic rings. The minimum absolute atomic E-state index is 0.125. The third kappa shape index (κ3) is 3.83. The topological polar surface area (TPSA) is 29.3 Å². The van der Waals surface area contributed by atoms with Crippen LogP contribution in [0.3, 0.4) is 0 Å². The predicted molar refractivity (Wildman–Crippen MR) is 86.8 cm³/mol. The van der Waals surface area contributed by atoms with Crippen LogP contribution < -0.4 is 5.73 Å². The van der Waals surface area contributed by atoms with Gasteiger partial charge in [-0.15, -0.1) is 0 Å². The van der Waals surface area contributed by atoms with E-state index in [-0.39, 0.29) is 6.04 Å². The highest BCUT2D eigenvalue weighted by Crippen LogP contribution is 2.29. The first-order chi connectivity index (χ1) is 9.38. The van der Waals surface area contributed by atoms with Crippen LogP contribution in [0.2, 0.25) is 0 Å². The molecule has 0 aliphatic carbocycles. The third-order valence-electron chi connectivity index (χ3n) is 4.54. The van der Waals surface area contributed by atoms with Gasteiger partial charge in [0.05, 0.1) is 0 Å². The van der Waals surface area contributed by atoms with E-state index in [1.165, 1.54) is 30.5 Å². The molecule has 2 rings (SSSR count). The van der Waals surface area contributed by atoms with E-state index in [0.717, 1.165) is 13.0 Å². The molecule has 2 nitrogen and oxygen atoms in total. The highest BCUT2D eigenvalue weighted by atomic mass is 15.2. The van der Waals surface area contributed by atoms with Crippen molar-refractivity contribution in [3.05, 3.63) is 35.4 Å². The molecular formula is C18H30N2. The molecule has 112 valence electrons. The minimum Gasteiger partial charge on any atom is -0.323 e. The summed E-state index contributed by atoms with van der Waals surface area (Å²) in [6, 6.07) is 9.03. The van der Waals surface area contributed by atoms with Crippen molar-refractivity contribution in [1.29, 1.82) is 0 Å². The number of hydrogen-bond acceptors (Lipinski definition) is 2. The normalized spacial score (nSPS) is 20.5. The summed E-state index contributed by atoms with van der Waals surface area (Å²) in [7, 11) is 0. The molecule has 0 amide bonds. The third-order valence-corrected chi connectivity index (χ3v) is 4.54. The quantitative estimate of drug-likeness (QED) is 0.886. The highest BCUT2D eigenvalue weighted by Gasteiger charge is 2.32. The van der Waals surface area contributed by atoms with Crippen LogP contribution in [0.1, 0.15) is 57.7 Å². The maximum atomic E-state index is 6.41. The molecule has 0 saturated carbocycles. The summed E-state index contributed by atoms with van der Waals surface area (Å²) < 4.78 is 0. The van der Waals surface area contributed by atoms with Crippen molar-refractivity contribution >= 4 is 0 Å². The average Bonchev–Trinajstić information content (AvgIpc) is 2.69. The van der Waals surface area contributed by atoms with E-state index in [0.29, 0.717) is 11.5 Å². The zero-order chi connectivity index (χ0) is 14.8. The van der Waals surface area contributed by atoms with Gasteiger partial charge in [-0.1, -0.05) is 38.1 Å². The second-order valence-electron chi connectivity index (χ2n) is 7.31. The van der Waals surface area contributed by atoms with Gasteiger partial charge in [-0.3, -0.25) is 4.90 Å². The molecule has 0 bridgehead atoms. The molecule has 0 radical (unpaired) electrons. The maximum absolute atomic E-state index is 6.41. The Labute approximate surface area is 124 Å². The predicted octanol–water partition coefficient (Wildman–Crippen LogP) is 3.76. The van der Waals surface area contributed by atoms with Gasteiger partial charge in [0.25, 0.3) is 0 Å². The van der Waals surface area contributed by atoms with E-state index < -0.39 is 0 Å². The van der Waals surface area contributed by atoms with E-state index in [4.69, 9.17) is 5.73 Å². The summed E-state index contributed by atoms with van der Waals surface area (Å²) in [6.07, 6.45) is 3.73. The first-order valence-corrected chi connectivity index (χ1v) is 7.98. The van der Waals surface area contributed by atoms with Crippen LogP contribution in [0.15, 0.2) is 24.3 Å². The first kappa shape index (κ1) is 15.5. The van der Waals surface area contributed by atoms with E-state index in [9.17, 15) is 0 Å². The van der Waals surface area contributed by atoms with Gasteiger partial charge in [0.15, 0.2) is 0 Å². The molecule has 2 N–H and O–H groups in total. The van der Waals surface area contributed by atoms with E-state index in [1.807, 2.05) is 0 Å². The van der Waals surface area contributed by atoms with Crippen molar-refractivity contribution < 1.29 is 0 Å². The standard InChI is InChI=1S/C18H30N2/c1-14(2)12-15-6-8-16(9-7-15)17(19)13-20-11-5-10-18(20,3)4/h6-9,14,17H,5,10-13,19H2,1-4H3. The van der Waals surface area contributed by atoms with Crippen molar-refractivity contribution in [2.45, 2.75) is 58.5 Å². The summed E-state index contributed by atoms with van der Waals surface area (Å²) in [5, 5.41) is 0. The number of nitrogens with two attached hydrogens (primary N) is 1. The Morgan fingerprint density at radius 2 is 1.85 bits per heavy atom. The number of benzene rings is 1. The van der Waals surface area contributed by atoms with Gasteiger partial charge in [0, 0.05) is 18.1 Å². The summed E-state index contributed by atoms with van der Waals surface area (Å²) in [4.78, 5) is 2.54. The minimum atomic E-state index is 0.125. The zero-order valence-electron chi connectivity index (χ0n) is 13.5. The second kappa shape index (κ2) is 6.28. The Bertz CT molecular complexity index is 420. The zero-order valence-corrected chi connectivity index (χ0v) is 13.5. The van der Waals surface area contributed by atoms with Crippen LogP contribution in [-0.4, -0.2) is 23.5 Å². The Hall–Kier alpha value is -0.860. The molecule has 1 aromatic carbocycles. The largest absolute Gasteiger partial charge is 0.323 e. The fourth-order valence-corrected chi connectivity index (χ4v) is 3.22. The Kier molecular flexibility index (Phi) is 4.87. The van der Waals surface area contributed by atoms with Crippen molar-refractivity contribution in [2.24, 2.45) is 11.7 Å². The molecule has 1 fully saturated rings. The molecule has 1 unspecified atom stereocenters. The monoisotopic (exact) mass is 274 g/mol. The molecule has 2 heteroatoms. The van der Waals surface area contributed by atoms with Crippen LogP contribution in [0, 0.1) is 5.92 Å². The summed E-state index contributed by atoms with van der Waals surface area (Å²) >= 11 is 0.